The van der Waals surface area contributed by atoms with Crippen molar-refractivity contribution in [2.75, 3.05) is 0 Å². The van der Waals surface area contributed by atoms with Gasteiger partial charge in [-0.1, -0.05) is 37.0 Å². The van der Waals surface area contributed by atoms with Crippen molar-refractivity contribution >= 4 is 10.8 Å². The van der Waals surface area contributed by atoms with Gasteiger partial charge in [0.05, 0.1) is 4.90 Å². The molecule has 2 heteroatoms. The highest BCUT2D eigenvalue weighted by molar-refractivity contribution is 7.89. The summed E-state index contributed by atoms with van der Waals surface area (Å²) in [6, 6.07) is 7.67. The molecule has 0 aromatic heterocycles. The van der Waals surface area contributed by atoms with Gasteiger partial charge in [0.1, 0.15) is 10.8 Å². The Morgan fingerprint density at radius 1 is 1.27 bits per heavy atom. The molecule has 0 bridgehead atoms. The van der Waals surface area contributed by atoms with Gasteiger partial charge in [0.15, 0.2) is 0 Å². The van der Waals surface area contributed by atoms with Crippen LogP contribution in [0.5, 0.6) is 0 Å². The summed E-state index contributed by atoms with van der Waals surface area (Å²) < 4.78 is 11.7. The van der Waals surface area contributed by atoms with E-state index in [2.05, 4.69) is 18.1 Å². The molecule has 0 aliphatic heterocycles. The van der Waals surface area contributed by atoms with E-state index in [-0.39, 0.29) is 0 Å². The van der Waals surface area contributed by atoms with Crippen LogP contribution in [0.3, 0.4) is 0 Å². The summed E-state index contributed by atoms with van der Waals surface area (Å²) in [6.45, 7) is 4.14. The minimum atomic E-state index is -1.16. The van der Waals surface area contributed by atoms with Gasteiger partial charge < -0.3 is 0 Å². The predicted octanol–water partition coefficient (Wildman–Crippen LogP) is 3.25. The third kappa shape index (κ3) is 4.31. The van der Waals surface area contributed by atoms with E-state index in [0.29, 0.717) is 0 Å². The second-order valence-electron chi connectivity index (χ2n) is 3.46. The van der Waals surface area contributed by atoms with Crippen molar-refractivity contribution in [3.8, 4) is 11.2 Å². The molecule has 1 atom stereocenters. The zero-order valence-electron chi connectivity index (χ0n) is 9.25. The van der Waals surface area contributed by atoms with Gasteiger partial charge in [-0.2, -0.15) is 0 Å². The van der Waals surface area contributed by atoms with Crippen LogP contribution in [-0.2, 0) is 10.8 Å². The molecule has 1 nitrogen and oxygen atoms in total. The van der Waals surface area contributed by atoms with Crippen LogP contribution in [0.4, 0.5) is 0 Å². The fourth-order valence-electron chi connectivity index (χ4n) is 1.10. The number of hydrogen-bond donors (Lipinski definition) is 0. The van der Waals surface area contributed by atoms with Crippen LogP contribution in [0, 0.1) is 18.1 Å². The van der Waals surface area contributed by atoms with E-state index in [0.717, 1.165) is 24.2 Å². The van der Waals surface area contributed by atoms with Crippen molar-refractivity contribution in [2.45, 2.75) is 38.0 Å². The van der Waals surface area contributed by atoms with Crippen molar-refractivity contribution < 1.29 is 4.21 Å². The van der Waals surface area contributed by atoms with E-state index in [1.165, 1.54) is 5.56 Å². The molecule has 0 fully saturated rings. The van der Waals surface area contributed by atoms with Gasteiger partial charge in [-0.3, -0.25) is 0 Å². The Morgan fingerprint density at radius 2 is 1.93 bits per heavy atom. The maximum Gasteiger partial charge on any atom is 0.130 e. The van der Waals surface area contributed by atoms with Crippen LogP contribution in [-0.4, -0.2) is 4.21 Å². The number of hydrogen-bond acceptors (Lipinski definition) is 1. The molecule has 0 unspecified atom stereocenters. The lowest BCUT2D eigenvalue weighted by Crippen LogP contribution is -1.86. The number of rotatable bonds is 3. The van der Waals surface area contributed by atoms with Crippen molar-refractivity contribution in [3.63, 3.8) is 0 Å². The minimum Gasteiger partial charge on any atom is -0.240 e. The Kier molecular flexibility index (Phi) is 5.14. The number of benzene rings is 1. The van der Waals surface area contributed by atoms with E-state index in [1.807, 2.05) is 31.2 Å². The molecule has 0 amide bonds. The van der Waals surface area contributed by atoms with Crippen LogP contribution in [0.15, 0.2) is 29.2 Å². The van der Waals surface area contributed by atoms with Gasteiger partial charge in [-0.25, -0.2) is 4.21 Å². The molecule has 1 rings (SSSR count). The highest BCUT2D eigenvalue weighted by Gasteiger charge is 1.97. The lowest BCUT2D eigenvalue weighted by molar-refractivity contribution is 0.689. The van der Waals surface area contributed by atoms with Crippen molar-refractivity contribution in [2.24, 2.45) is 0 Å². The first kappa shape index (κ1) is 12.0. The first-order valence-electron chi connectivity index (χ1n) is 5.21. The van der Waals surface area contributed by atoms with E-state index in [9.17, 15) is 4.21 Å². The highest BCUT2D eigenvalue weighted by atomic mass is 32.2. The average molecular weight is 220 g/mol. The molecule has 0 saturated heterocycles. The smallest absolute Gasteiger partial charge is 0.130 e. The maximum atomic E-state index is 11.7. The van der Waals surface area contributed by atoms with Crippen molar-refractivity contribution in [1.29, 1.82) is 0 Å². The molecule has 0 saturated carbocycles. The van der Waals surface area contributed by atoms with Gasteiger partial charge in [-0.05, 0) is 25.5 Å². The molecule has 1 aromatic carbocycles. The number of unbranched alkanes of at least 4 members (excludes halogenated alkanes) is 2. The van der Waals surface area contributed by atoms with E-state index in [4.69, 9.17) is 0 Å². The molecule has 0 N–H and O–H groups in total. The van der Waals surface area contributed by atoms with E-state index in [1.54, 1.807) is 0 Å². The summed E-state index contributed by atoms with van der Waals surface area (Å²) in [5.41, 5.74) is 1.18. The Morgan fingerprint density at radius 3 is 2.53 bits per heavy atom. The first-order valence-corrected chi connectivity index (χ1v) is 6.36. The zero-order valence-corrected chi connectivity index (χ0v) is 10.1. The Bertz CT molecular complexity index is 381. The van der Waals surface area contributed by atoms with Crippen LogP contribution < -0.4 is 0 Å². The summed E-state index contributed by atoms with van der Waals surface area (Å²) in [5.74, 6) is 2.95. The lowest BCUT2D eigenvalue weighted by atomic mass is 10.2. The van der Waals surface area contributed by atoms with Crippen LogP contribution in [0.1, 0.15) is 31.7 Å². The summed E-state index contributed by atoms with van der Waals surface area (Å²) in [5, 5.41) is 2.78. The normalized spacial score (nSPS) is 11.6. The monoisotopic (exact) mass is 220 g/mol. The second kappa shape index (κ2) is 6.42. The largest absolute Gasteiger partial charge is 0.240 e. The molecule has 0 heterocycles. The summed E-state index contributed by atoms with van der Waals surface area (Å²) in [7, 11) is -1.16. The first-order chi connectivity index (χ1) is 7.24. The molecule has 0 aliphatic carbocycles. The topological polar surface area (TPSA) is 17.1 Å². The van der Waals surface area contributed by atoms with Gasteiger partial charge in [0.2, 0.25) is 0 Å². The Labute approximate surface area is 94.4 Å². The third-order valence-corrected chi connectivity index (χ3v) is 3.09. The van der Waals surface area contributed by atoms with Crippen molar-refractivity contribution in [3.05, 3.63) is 29.8 Å². The van der Waals surface area contributed by atoms with E-state index >= 15 is 0 Å². The standard InChI is InChI=1S/C13H16OS/c1-3-4-5-6-11-15(14)13-9-7-12(2)8-10-13/h7-10H,3-5H2,1-2H3/t15-/m0/s1. The predicted molar refractivity (Wildman–Crippen MR) is 64.9 cm³/mol. The Hall–Kier alpha value is -1.07. The molecule has 0 aliphatic rings. The molecule has 15 heavy (non-hydrogen) atoms. The van der Waals surface area contributed by atoms with Gasteiger partial charge >= 0.3 is 0 Å². The number of aryl methyl sites for hydroxylation is 1. The SMILES string of the molecule is CCCCC#C[S@](=O)c1ccc(C)cc1. The molecule has 0 spiro atoms. The van der Waals surface area contributed by atoms with Gasteiger partial charge in [0, 0.05) is 11.7 Å². The summed E-state index contributed by atoms with van der Waals surface area (Å²) in [6.07, 6.45) is 3.05. The molecular weight excluding hydrogens is 204 g/mol. The molecular formula is C13H16OS. The summed E-state index contributed by atoms with van der Waals surface area (Å²) >= 11 is 0. The van der Waals surface area contributed by atoms with Crippen LogP contribution in [0.25, 0.3) is 0 Å². The zero-order chi connectivity index (χ0) is 11.1. The Balaban J connectivity index is 2.60. The minimum absolute atomic E-state index is 0.796. The van der Waals surface area contributed by atoms with Crippen LogP contribution in [0.2, 0.25) is 0 Å². The van der Waals surface area contributed by atoms with Crippen LogP contribution >= 0.6 is 0 Å². The molecule has 1 aromatic rings. The summed E-state index contributed by atoms with van der Waals surface area (Å²) in [4.78, 5) is 0.796. The van der Waals surface area contributed by atoms with Gasteiger partial charge in [-0.15, -0.1) is 0 Å². The lowest BCUT2D eigenvalue weighted by Gasteiger charge is -1.95. The van der Waals surface area contributed by atoms with Crippen molar-refractivity contribution in [1.82, 2.24) is 0 Å². The average Bonchev–Trinajstić information content (AvgIpc) is 2.25. The maximum absolute atomic E-state index is 11.7. The highest BCUT2D eigenvalue weighted by Crippen LogP contribution is 2.07. The molecule has 0 radical (unpaired) electrons. The van der Waals surface area contributed by atoms with E-state index < -0.39 is 10.8 Å². The fourth-order valence-corrected chi connectivity index (χ4v) is 1.84. The molecule has 80 valence electrons. The van der Waals surface area contributed by atoms with Gasteiger partial charge in [0.25, 0.3) is 0 Å². The quantitative estimate of drug-likeness (QED) is 0.564. The second-order valence-corrected chi connectivity index (χ2v) is 4.68. The fraction of sp³-hybridized carbons (Fsp3) is 0.385. The third-order valence-electron chi connectivity index (χ3n) is 2.06.